The highest BCUT2D eigenvalue weighted by molar-refractivity contribution is 7.85. The van der Waals surface area contributed by atoms with Crippen molar-refractivity contribution in [2.45, 2.75) is 56.4 Å². The summed E-state index contributed by atoms with van der Waals surface area (Å²) in [5, 5.41) is 4.04. The molecule has 12 nitrogen and oxygen atoms in total. The molecule has 252 valence electrons. The Bertz CT molecular complexity index is 1730. The van der Waals surface area contributed by atoms with E-state index in [2.05, 4.69) is 25.0 Å². The Hall–Kier alpha value is -4.21. The van der Waals surface area contributed by atoms with Crippen LogP contribution in [0.3, 0.4) is 0 Å². The summed E-state index contributed by atoms with van der Waals surface area (Å²) >= 11 is 0. The standard InChI is InChI=1S/C25H31F2N7O2.C7H8O3S/c1-15(2)23-31-25(36-32-23)33-7-5-16(6-8-33)14-35-18-10-29-24(30-11-18)34-12-20(22(28)13-34)19-9-17(26)3-4-21(19)27;1-6-2-4-7(5-3-6)11(8,9)10/h3-4,9-11,15-16,20,22H,5-8,12-14,28H2,1-2H3;2-5H,1H3,(H,8,9,10)/t20-,22+;/m1./s1. The highest BCUT2D eigenvalue weighted by Gasteiger charge is 2.34. The van der Waals surface area contributed by atoms with Crippen LogP contribution in [0.15, 0.2) is 64.3 Å². The van der Waals surface area contributed by atoms with Crippen LogP contribution in [0.25, 0.3) is 0 Å². The highest BCUT2D eigenvalue weighted by atomic mass is 32.2. The average molecular weight is 672 g/mol. The summed E-state index contributed by atoms with van der Waals surface area (Å²) in [5.41, 5.74) is 7.49. The molecule has 4 heterocycles. The highest BCUT2D eigenvalue weighted by Crippen LogP contribution is 2.31. The van der Waals surface area contributed by atoms with Gasteiger partial charge in [0.1, 0.15) is 11.6 Å². The number of anilines is 2. The monoisotopic (exact) mass is 671 g/mol. The summed E-state index contributed by atoms with van der Waals surface area (Å²) in [6.07, 6.45) is 5.21. The number of ether oxygens (including phenoxy) is 1. The first-order chi connectivity index (χ1) is 22.4. The van der Waals surface area contributed by atoms with Crippen molar-refractivity contribution in [3.05, 3.63) is 83.4 Å². The van der Waals surface area contributed by atoms with E-state index in [1.807, 2.05) is 25.7 Å². The summed E-state index contributed by atoms with van der Waals surface area (Å²) in [4.78, 5) is 17.3. The van der Waals surface area contributed by atoms with Gasteiger partial charge in [0, 0.05) is 44.1 Å². The van der Waals surface area contributed by atoms with E-state index in [-0.39, 0.29) is 28.3 Å². The molecular formula is C32H39F2N7O5S. The van der Waals surface area contributed by atoms with E-state index in [1.165, 1.54) is 18.2 Å². The molecule has 0 aliphatic carbocycles. The van der Waals surface area contributed by atoms with Gasteiger partial charge in [-0.3, -0.25) is 4.55 Å². The summed E-state index contributed by atoms with van der Waals surface area (Å²) in [6.45, 7) is 9.05. The van der Waals surface area contributed by atoms with Gasteiger partial charge < -0.3 is 24.8 Å². The van der Waals surface area contributed by atoms with Gasteiger partial charge in [-0.05, 0) is 61.6 Å². The fourth-order valence-electron chi connectivity index (χ4n) is 5.47. The van der Waals surface area contributed by atoms with Crippen molar-refractivity contribution in [1.29, 1.82) is 0 Å². The average Bonchev–Trinajstić information content (AvgIpc) is 3.70. The number of aromatic nitrogens is 4. The number of hydrogen-bond acceptors (Lipinski definition) is 11. The molecule has 2 aromatic heterocycles. The van der Waals surface area contributed by atoms with Crippen LogP contribution < -0.4 is 20.3 Å². The Morgan fingerprint density at radius 2 is 1.72 bits per heavy atom. The fraction of sp³-hybridized carbons (Fsp3) is 0.438. The number of benzene rings is 2. The third kappa shape index (κ3) is 8.78. The maximum atomic E-state index is 14.3. The number of piperidine rings is 1. The predicted molar refractivity (Wildman–Crippen MR) is 171 cm³/mol. The second-order valence-electron chi connectivity index (χ2n) is 12.2. The van der Waals surface area contributed by atoms with Crippen LogP contribution >= 0.6 is 0 Å². The number of hydrogen-bond donors (Lipinski definition) is 2. The Kier molecular flexibility index (Phi) is 10.7. The summed E-state index contributed by atoms with van der Waals surface area (Å²) in [7, 11) is -4.02. The fourth-order valence-corrected chi connectivity index (χ4v) is 5.95. The molecule has 2 aliphatic heterocycles. The van der Waals surface area contributed by atoms with Gasteiger partial charge in [-0.25, -0.2) is 18.7 Å². The van der Waals surface area contributed by atoms with E-state index in [4.69, 9.17) is 19.5 Å². The minimum atomic E-state index is -4.02. The van der Waals surface area contributed by atoms with Crippen LogP contribution in [0.2, 0.25) is 0 Å². The molecule has 4 aromatic rings. The molecule has 2 aromatic carbocycles. The lowest BCUT2D eigenvalue weighted by Gasteiger charge is -2.30. The Labute approximate surface area is 272 Å². The molecule has 0 bridgehead atoms. The van der Waals surface area contributed by atoms with Crippen LogP contribution in [0.5, 0.6) is 5.75 Å². The summed E-state index contributed by atoms with van der Waals surface area (Å²) in [5.74, 6) is 1.19. The molecule has 0 saturated carbocycles. The third-order valence-electron chi connectivity index (χ3n) is 8.26. The SMILES string of the molecule is CC(C)c1noc(N2CCC(COc3cnc(N4C[C@H](c5cc(F)ccc5F)[C@@H](N)C4)nc3)CC2)n1.Cc1ccc(S(=O)(=O)O)cc1. The van der Waals surface area contributed by atoms with Crippen LogP contribution in [0.1, 0.15) is 55.5 Å². The zero-order valence-electron chi connectivity index (χ0n) is 26.5. The quantitative estimate of drug-likeness (QED) is 0.248. The number of aryl methyl sites for hydroxylation is 1. The van der Waals surface area contributed by atoms with Crippen molar-refractivity contribution in [1.82, 2.24) is 20.1 Å². The molecule has 0 radical (unpaired) electrons. The van der Waals surface area contributed by atoms with Crippen LogP contribution in [-0.4, -0.2) is 71.9 Å². The van der Waals surface area contributed by atoms with Gasteiger partial charge in [0.2, 0.25) is 5.95 Å². The van der Waals surface area contributed by atoms with Crippen molar-refractivity contribution < 1.29 is 31.0 Å². The predicted octanol–water partition coefficient (Wildman–Crippen LogP) is 4.73. The van der Waals surface area contributed by atoms with Crippen LogP contribution in [-0.2, 0) is 10.1 Å². The molecule has 47 heavy (non-hydrogen) atoms. The first-order valence-electron chi connectivity index (χ1n) is 15.4. The molecular weight excluding hydrogens is 632 g/mol. The van der Waals surface area contributed by atoms with Crippen molar-refractivity contribution in [3.63, 3.8) is 0 Å². The minimum Gasteiger partial charge on any atom is -0.490 e. The molecule has 0 amide bonds. The van der Waals surface area contributed by atoms with E-state index in [1.54, 1.807) is 24.5 Å². The van der Waals surface area contributed by atoms with E-state index >= 15 is 0 Å². The molecule has 3 N–H and O–H groups in total. The van der Waals surface area contributed by atoms with Gasteiger partial charge in [0.15, 0.2) is 11.6 Å². The Morgan fingerprint density at radius 1 is 1.04 bits per heavy atom. The lowest BCUT2D eigenvalue weighted by Crippen LogP contribution is -2.35. The number of nitrogens with two attached hydrogens (primary N) is 1. The van der Waals surface area contributed by atoms with Gasteiger partial charge in [-0.1, -0.05) is 36.7 Å². The van der Waals surface area contributed by atoms with E-state index in [9.17, 15) is 17.2 Å². The molecule has 2 fully saturated rings. The molecule has 2 atom stereocenters. The molecule has 0 spiro atoms. The van der Waals surface area contributed by atoms with Gasteiger partial charge in [-0.15, -0.1) is 0 Å². The van der Waals surface area contributed by atoms with Gasteiger partial charge in [-0.2, -0.15) is 13.4 Å². The smallest absolute Gasteiger partial charge is 0.324 e. The lowest BCUT2D eigenvalue weighted by molar-refractivity contribution is 0.219. The van der Waals surface area contributed by atoms with Gasteiger partial charge in [0.05, 0.1) is 23.9 Å². The van der Waals surface area contributed by atoms with E-state index < -0.39 is 21.8 Å². The maximum absolute atomic E-state index is 14.3. The summed E-state index contributed by atoms with van der Waals surface area (Å²) in [6, 6.07) is 9.69. The first kappa shape index (κ1) is 34.1. The lowest BCUT2D eigenvalue weighted by atomic mass is 9.94. The van der Waals surface area contributed by atoms with Crippen molar-refractivity contribution in [3.8, 4) is 5.75 Å². The van der Waals surface area contributed by atoms with Crippen molar-refractivity contribution in [2.75, 3.05) is 42.6 Å². The third-order valence-corrected chi connectivity index (χ3v) is 9.12. The second kappa shape index (κ2) is 14.7. The zero-order chi connectivity index (χ0) is 33.7. The number of nitrogens with zero attached hydrogens (tertiary/aromatic N) is 6. The molecule has 0 unspecified atom stereocenters. The summed E-state index contributed by atoms with van der Waals surface area (Å²) < 4.78 is 68.8. The first-order valence-corrected chi connectivity index (χ1v) is 16.8. The second-order valence-corrected chi connectivity index (χ2v) is 13.6. The zero-order valence-corrected chi connectivity index (χ0v) is 27.3. The molecule has 15 heteroatoms. The van der Waals surface area contributed by atoms with Crippen LogP contribution in [0, 0.1) is 24.5 Å². The number of halogens is 2. The molecule has 2 aliphatic rings. The van der Waals surface area contributed by atoms with Gasteiger partial charge in [0.25, 0.3) is 10.1 Å². The van der Waals surface area contributed by atoms with Crippen molar-refractivity contribution >= 4 is 22.1 Å². The largest absolute Gasteiger partial charge is 0.490 e. The van der Waals surface area contributed by atoms with Gasteiger partial charge >= 0.3 is 6.01 Å². The van der Waals surface area contributed by atoms with E-state index in [0.717, 1.165) is 49.5 Å². The number of rotatable bonds is 8. The maximum Gasteiger partial charge on any atom is 0.324 e. The topological polar surface area (TPSA) is 161 Å². The molecule has 6 rings (SSSR count). The molecule has 2 saturated heterocycles. The Balaban J connectivity index is 0.000000335. The van der Waals surface area contributed by atoms with Crippen LogP contribution in [0.4, 0.5) is 20.7 Å². The normalized spacial score (nSPS) is 18.7. The van der Waals surface area contributed by atoms with E-state index in [0.29, 0.717) is 43.3 Å². The van der Waals surface area contributed by atoms with Crippen molar-refractivity contribution in [2.24, 2.45) is 11.7 Å². The Morgan fingerprint density at radius 3 is 2.34 bits per heavy atom. The minimum absolute atomic E-state index is 0.0666.